The van der Waals surface area contributed by atoms with E-state index in [0.717, 1.165) is 12.8 Å². The zero-order valence-corrected chi connectivity index (χ0v) is 17.3. The molecule has 1 aromatic carbocycles. The molecule has 0 radical (unpaired) electrons. The summed E-state index contributed by atoms with van der Waals surface area (Å²) in [4.78, 5) is 28.9. The first-order valence-corrected chi connectivity index (χ1v) is 11.6. The summed E-state index contributed by atoms with van der Waals surface area (Å²) in [5.41, 5.74) is 0.335. The van der Waals surface area contributed by atoms with Gasteiger partial charge in [-0.15, -0.1) is 0 Å². The summed E-state index contributed by atoms with van der Waals surface area (Å²) in [6, 6.07) is 9.64. The van der Waals surface area contributed by atoms with Crippen molar-refractivity contribution in [2.45, 2.75) is 29.6 Å². The maximum atomic E-state index is 12.9. The van der Waals surface area contributed by atoms with Crippen molar-refractivity contribution in [3.05, 3.63) is 54.0 Å². The van der Waals surface area contributed by atoms with Gasteiger partial charge < -0.3 is 19.0 Å². The molecule has 1 unspecified atom stereocenters. The summed E-state index contributed by atoms with van der Waals surface area (Å²) in [7, 11) is -3.60. The number of ether oxygens (including phenoxy) is 1. The monoisotopic (exact) mass is 432 g/mol. The second kappa shape index (κ2) is 8.61. The molecule has 4 rings (SSSR count). The number of nitrogens with zero attached hydrogens (tertiary/aromatic N) is 2. The summed E-state index contributed by atoms with van der Waals surface area (Å²) in [6.07, 6.45) is 2.60. The van der Waals surface area contributed by atoms with Crippen molar-refractivity contribution in [3.63, 3.8) is 0 Å². The van der Waals surface area contributed by atoms with Gasteiger partial charge in [-0.05, 0) is 31.0 Å². The lowest BCUT2D eigenvalue weighted by molar-refractivity contribution is -0.142. The van der Waals surface area contributed by atoms with E-state index in [2.05, 4.69) is 0 Å². The molecule has 2 amide bonds. The summed E-state index contributed by atoms with van der Waals surface area (Å²) < 4.78 is 36.2. The zero-order valence-electron chi connectivity index (χ0n) is 16.5. The van der Waals surface area contributed by atoms with Gasteiger partial charge in [0.05, 0.1) is 16.9 Å². The summed E-state index contributed by atoms with van der Waals surface area (Å²) in [5.74, 6) is -0.658. The van der Waals surface area contributed by atoms with E-state index in [1.54, 1.807) is 28.0 Å². The Hall–Kier alpha value is -2.65. The van der Waals surface area contributed by atoms with Crippen molar-refractivity contribution in [2.24, 2.45) is 0 Å². The molecule has 2 fully saturated rings. The van der Waals surface area contributed by atoms with E-state index >= 15 is 0 Å². The van der Waals surface area contributed by atoms with E-state index in [0.29, 0.717) is 38.3 Å². The highest BCUT2D eigenvalue weighted by Crippen LogP contribution is 2.22. The molecule has 0 N–H and O–H groups in total. The molecular weight excluding hydrogens is 408 g/mol. The highest BCUT2D eigenvalue weighted by molar-refractivity contribution is 7.90. The Morgan fingerprint density at radius 1 is 1.00 bits per heavy atom. The fourth-order valence-electron chi connectivity index (χ4n) is 3.80. The Labute approximate surface area is 175 Å². The molecule has 0 spiro atoms. The van der Waals surface area contributed by atoms with Gasteiger partial charge in [0.15, 0.2) is 15.6 Å². The molecule has 1 atom stereocenters. The van der Waals surface area contributed by atoms with Crippen LogP contribution in [0.2, 0.25) is 0 Å². The van der Waals surface area contributed by atoms with Crippen LogP contribution < -0.4 is 0 Å². The van der Waals surface area contributed by atoms with E-state index < -0.39 is 9.84 Å². The molecule has 3 heterocycles. The van der Waals surface area contributed by atoms with Crippen molar-refractivity contribution in [1.82, 2.24) is 9.80 Å². The summed E-state index contributed by atoms with van der Waals surface area (Å²) in [5, 5.41) is 0. The van der Waals surface area contributed by atoms with Crippen LogP contribution in [0, 0.1) is 0 Å². The molecule has 30 heavy (non-hydrogen) atoms. The fraction of sp³-hybridized carbons (Fsp3) is 0.429. The minimum Gasteiger partial charge on any atom is -0.459 e. The van der Waals surface area contributed by atoms with Crippen LogP contribution in [0.1, 0.15) is 29.0 Å². The highest BCUT2D eigenvalue weighted by Gasteiger charge is 2.33. The minimum absolute atomic E-state index is 0.0211. The molecule has 2 aliphatic heterocycles. The van der Waals surface area contributed by atoms with Crippen molar-refractivity contribution in [2.75, 3.05) is 32.8 Å². The Morgan fingerprint density at radius 3 is 2.37 bits per heavy atom. The number of carbonyl (C=O) groups excluding carboxylic acids is 2. The first kappa shape index (κ1) is 20.6. The van der Waals surface area contributed by atoms with Crippen LogP contribution in [-0.4, -0.2) is 68.9 Å². The summed E-state index contributed by atoms with van der Waals surface area (Å²) >= 11 is 0. The third-order valence-corrected chi connectivity index (χ3v) is 7.15. The average Bonchev–Trinajstić information content (AvgIpc) is 3.45. The molecule has 2 aromatic rings. The Morgan fingerprint density at radius 2 is 1.70 bits per heavy atom. The third kappa shape index (κ3) is 4.27. The van der Waals surface area contributed by atoms with Crippen molar-refractivity contribution >= 4 is 21.7 Å². The quantitative estimate of drug-likeness (QED) is 0.714. The van der Waals surface area contributed by atoms with Crippen molar-refractivity contribution < 1.29 is 27.2 Å². The van der Waals surface area contributed by atoms with Gasteiger partial charge in [0, 0.05) is 38.3 Å². The maximum Gasteiger partial charge on any atom is 0.289 e. The van der Waals surface area contributed by atoms with E-state index in [-0.39, 0.29) is 34.3 Å². The first-order chi connectivity index (χ1) is 14.5. The largest absolute Gasteiger partial charge is 0.459 e. The zero-order chi connectivity index (χ0) is 21.1. The molecule has 2 saturated heterocycles. The van der Waals surface area contributed by atoms with Gasteiger partial charge in [0.25, 0.3) is 11.8 Å². The van der Waals surface area contributed by atoms with Crippen LogP contribution in [0.25, 0.3) is 0 Å². The fourth-order valence-corrected chi connectivity index (χ4v) is 5.18. The van der Waals surface area contributed by atoms with Gasteiger partial charge in [-0.2, -0.15) is 0 Å². The lowest BCUT2D eigenvalue weighted by atomic mass is 10.2. The molecule has 160 valence electrons. The molecule has 0 saturated carbocycles. The van der Waals surface area contributed by atoms with Crippen molar-refractivity contribution in [3.8, 4) is 0 Å². The number of hydrogen-bond acceptors (Lipinski definition) is 6. The normalized spacial score (nSPS) is 19.8. The number of amides is 2. The number of piperazine rings is 1. The van der Waals surface area contributed by atoms with Gasteiger partial charge >= 0.3 is 0 Å². The van der Waals surface area contributed by atoms with Crippen molar-refractivity contribution in [1.29, 1.82) is 0 Å². The Balaban J connectivity index is 1.41. The van der Waals surface area contributed by atoms with E-state index in [9.17, 15) is 18.0 Å². The first-order valence-electron chi connectivity index (χ1n) is 9.99. The van der Waals surface area contributed by atoms with Crippen LogP contribution in [0.15, 0.2) is 52.0 Å². The minimum atomic E-state index is -3.60. The topological polar surface area (TPSA) is 97.1 Å². The molecule has 0 bridgehead atoms. The smallest absolute Gasteiger partial charge is 0.289 e. The summed E-state index contributed by atoms with van der Waals surface area (Å²) in [6.45, 7) is 2.18. The SMILES string of the molecule is O=C(c1occc1CS(=O)(=O)c1ccccc1)N1CCN(C(=O)C2CCCO2)CC1. The highest BCUT2D eigenvalue weighted by atomic mass is 32.2. The molecule has 1 aromatic heterocycles. The van der Waals surface area contributed by atoms with Crippen LogP contribution in [0.5, 0.6) is 0 Å². The maximum absolute atomic E-state index is 12.9. The Kier molecular flexibility index (Phi) is 5.92. The number of sulfone groups is 1. The lowest BCUT2D eigenvalue weighted by Gasteiger charge is -2.35. The Bertz CT molecular complexity index is 1000. The number of benzene rings is 1. The molecule has 2 aliphatic rings. The molecule has 0 aliphatic carbocycles. The number of carbonyl (C=O) groups is 2. The van der Waals surface area contributed by atoms with Crippen LogP contribution in [-0.2, 0) is 25.1 Å². The average molecular weight is 432 g/mol. The van der Waals surface area contributed by atoms with E-state index in [1.807, 2.05) is 0 Å². The standard InChI is InChI=1S/C21H24N2O6S/c24-20(18-7-4-13-28-18)22-9-11-23(12-10-22)21(25)19-16(8-14-29-19)15-30(26,27)17-5-2-1-3-6-17/h1-3,5-6,8,14,18H,4,7,9-13,15H2. The molecule has 8 nitrogen and oxygen atoms in total. The van der Waals surface area contributed by atoms with Crippen LogP contribution in [0.3, 0.4) is 0 Å². The number of rotatable bonds is 5. The van der Waals surface area contributed by atoms with Gasteiger partial charge in [0.1, 0.15) is 6.10 Å². The van der Waals surface area contributed by atoms with Crippen LogP contribution in [0.4, 0.5) is 0 Å². The van der Waals surface area contributed by atoms with Gasteiger partial charge in [-0.25, -0.2) is 8.42 Å². The third-order valence-electron chi connectivity index (χ3n) is 5.47. The number of hydrogen-bond donors (Lipinski definition) is 0. The van der Waals surface area contributed by atoms with Gasteiger partial charge in [-0.1, -0.05) is 18.2 Å². The van der Waals surface area contributed by atoms with E-state index in [4.69, 9.17) is 9.15 Å². The van der Waals surface area contributed by atoms with Crippen LogP contribution >= 0.6 is 0 Å². The van der Waals surface area contributed by atoms with Gasteiger partial charge in [0.2, 0.25) is 0 Å². The molecule has 9 heteroatoms. The predicted molar refractivity (Wildman–Crippen MR) is 107 cm³/mol. The predicted octanol–water partition coefficient (Wildman–Crippen LogP) is 1.72. The molecular formula is C21H24N2O6S. The number of furan rings is 1. The second-order valence-corrected chi connectivity index (χ2v) is 9.46. The van der Waals surface area contributed by atoms with Gasteiger partial charge in [-0.3, -0.25) is 9.59 Å². The lowest BCUT2D eigenvalue weighted by Crippen LogP contribution is -2.52. The second-order valence-electron chi connectivity index (χ2n) is 7.47. The van der Waals surface area contributed by atoms with E-state index in [1.165, 1.54) is 24.5 Å².